The van der Waals surface area contributed by atoms with Crippen LogP contribution < -0.4 is 5.32 Å². The molecule has 0 aromatic heterocycles. The maximum atomic E-state index is 12.3. The van der Waals surface area contributed by atoms with Gasteiger partial charge >= 0.3 is 0 Å². The Morgan fingerprint density at radius 1 is 1.42 bits per heavy atom. The van der Waals surface area contributed by atoms with Crippen molar-refractivity contribution in [2.75, 3.05) is 7.05 Å². The van der Waals surface area contributed by atoms with E-state index in [-0.39, 0.29) is 29.6 Å². The smallest absolute Gasteiger partial charge is 0.237 e. The van der Waals surface area contributed by atoms with Gasteiger partial charge in [-0.25, -0.2) is 0 Å². The molecule has 1 fully saturated rings. The van der Waals surface area contributed by atoms with Gasteiger partial charge in [-0.15, -0.1) is 0 Å². The topological polar surface area (TPSA) is 52.6 Å². The van der Waals surface area contributed by atoms with Gasteiger partial charge in [-0.05, 0) is 47.1 Å². The lowest BCUT2D eigenvalue weighted by Crippen LogP contribution is -2.55. The fraction of sp³-hybridized carbons (Fsp3) is 0.933. The predicted molar refractivity (Wildman–Crippen MR) is 78.0 cm³/mol. The van der Waals surface area contributed by atoms with E-state index in [1.165, 1.54) is 0 Å². The number of amides is 1. The third-order valence-corrected chi connectivity index (χ3v) is 4.55. The van der Waals surface area contributed by atoms with Gasteiger partial charge in [0.25, 0.3) is 0 Å². The molecule has 0 aromatic rings. The molecule has 0 saturated heterocycles. The van der Waals surface area contributed by atoms with E-state index < -0.39 is 0 Å². The zero-order valence-electron chi connectivity index (χ0n) is 13.1. The van der Waals surface area contributed by atoms with Crippen LogP contribution in [0.3, 0.4) is 0 Å². The molecular formula is C15H30N2O2. The summed E-state index contributed by atoms with van der Waals surface area (Å²) in [5.41, 5.74) is -0.169. The highest BCUT2D eigenvalue weighted by Crippen LogP contribution is 2.24. The normalized spacial score (nSPS) is 26.3. The highest BCUT2D eigenvalue weighted by Gasteiger charge is 2.32. The number of aliphatic hydroxyl groups excluding tert-OH is 1. The Hall–Kier alpha value is -0.610. The molecule has 0 heterocycles. The first-order valence-corrected chi connectivity index (χ1v) is 7.50. The fourth-order valence-corrected chi connectivity index (χ4v) is 2.57. The van der Waals surface area contributed by atoms with E-state index in [4.69, 9.17) is 0 Å². The van der Waals surface area contributed by atoms with Gasteiger partial charge in [0, 0.05) is 11.6 Å². The van der Waals surface area contributed by atoms with E-state index >= 15 is 0 Å². The second-order valence-corrected chi connectivity index (χ2v) is 6.49. The Bertz CT molecular complexity index is 305. The van der Waals surface area contributed by atoms with E-state index in [9.17, 15) is 9.90 Å². The van der Waals surface area contributed by atoms with Crippen molar-refractivity contribution < 1.29 is 9.90 Å². The van der Waals surface area contributed by atoms with E-state index in [1.54, 1.807) is 0 Å². The quantitative estimate of drug-likeness (QED) is 0.802. The number of carbonyl (C=O) groups is 1. The van der Waals surface area contributed by atoms with Crippen LogP contribution in [-0.4, -0.2) is 46.7 Å². The Morgan fingerprint density at radius 3 is 2.53 bits per heavy atom. The molecule has 112 valence electrons. The molecule has 1 aliphatic carbocycles. The summed E-state index contributed by atoms with van der Waals surface area (Å²) in [4.78, 5) is 14.3. The van der Waals surface area contributed by atoms with Gasteiger partial charge in [-0.2, -0.15) is 0 Å². The van der Waals surface area contributed by atoms with Crippen LogP contribution in [0.5, 0.6) is 0 Å². The number of hydrogen-bond donors (Lipinski definition) is 2. The Balaban J connectivity index is 2.60. The highest BCUT2D eigenvalue weighted by atomic mass is 16.3. The molecule has 1 amide bonds. The van der Waals surface area contributed by atoms with Crippen molar-refractivity contribution in [1.82, 2.24) is 10.2 Å². The number of nitrogens with one attached hydrogen (secondary N) is 1. The molecule has 4 nitrogen and oxygen atoms in total. The number of likely N-dealkylation sites (N-methyl/N-ethyl adjacent to an activating group) is 1. The molecule has 0 aliphatic heterocycles. The van der Waals surface area contributed by atoms with E-state index in [1.807, 2.05) is 32.7 Å². The molecule has 3 atom stereocenters. The number of hydrogen-bond acceptors (Lipinski definition) is 3. The second kappa shape index (κ2) is 6.71. The molecule has 0 aromatic carbocycles. The SMILES string of the molecule is CCC(C)(C)NC(=O)C(C)N(C)C1CCCCC1O. The van der Waals surface area contributed by atoms with E-state index in [2.05, 4.69) is 12.2 Å². The summed E-state index contributed by atoms with van der Waals surface area (Å²) < 4.78 is 0. The molecule has 0 spiro atoms. The molecular weight excluding hydrogens is 240 g/mol. The monoisotopic (exact) mass is 270 g/mol. The highest BCUT2D eigenvalue weighted by molar-refractivity contribution is 5.82. The van der Waals surface area contributed by atoms with E-state index in [0.717, 1.165) is 32.1 Å². The zero-order chi connectivity index (χ0) is 14.6. The molecule has 3 unspecified atom stereocenters. The summed E-state index contributed by atoms with van der Waals surface area (Å²) in [6.07, 6.45) is 4.67. The van der Waals surface area contributed by atoms with Crippen LogP contribution >= 0.6 is 0 Å². The minimum atomic E-state index is -0.298. The Labute approximate surface area is 117 Å². The fourth-order valence-electron chi connectivity index (χ4n) is 2.57. The van der Waals surface area contributed by atoms with Crippen molar-refractivity contribution in [2.24, 2.45) is 0 Å². The second-order valence-electron chi connectivity index (χ2n) is 6.49. The van der Waals surface area contributed by atoms with Crippen LogP contribution in [0, 0.1) is 0 Å². The summed E-state index contributed by atoms with van der Waals surface area (Å²) in [7, 11) is 1.95. The van der Waals surface area contributed by atoms with Crippen molar-refractivity contribution in [1.29, 1.82) is 0 Å². The standard InChI is InChI=1S/C15H30N2O2/c1-6-15(3,4)16-14(19)11(2)17(5)12-9-7-8-10-13(12)18/h11-13,18H,6-10H2,1-5H3,(H,16,19). The van der Waals surface area contributed by atoms with Crippen LogP contribution in [0.4, 0.5) is 0 Å². The first kappa shape index (κ1) is 16.4. The number of aliphatic hydroxyl groups is 1. The lowest BCUT2D eigenvalue weighted by molar-refractivity contribution is -0.129. The van der Waals surface area contributed by atoms with Gasteiger partial charge in [-0.1, -0.05) is 19.8 Å². The van der Waals surface area contributed by atoms with Gasteiger partial charge in [0.1, 0.15) is 0 Å². The summed E-state index contributed by atoms with van der Waals surface area (Å²) in [6.45, 7) is 8.06. The predicted octanol–water partition coefficient (Wildman–Crippen LogP) is 1.91. The number of carbonyl (C=O) groups excluding carboxylic acids is 1. The summed E-state index contributed by atoms with van der Waals surface area (Å²) in [6, 6.07) is -0.0946. The molecule has 0 bridgehead atoms. The molecule has 1 aliphatic rings. The van der Waals surface area contributed by atoms with Crippen molar-refractivity contribution in [3.8, 4) is 0 Å². The summed E-state index contributed by atoms with van der Waals surface area (Å²) in [5.74, 6) is 0.0483. The summed E-state index contributed by atoms with van der Waals surface area (Å²) in [5, 5.41) is 13.2. The first-order valence-electron chi connectivity index (χ1n) is 7.50. The van der Waals surface area contributed by atoms with Crippen LogP contribution in [0.25, 0.3) is 0 Å². The Morgan fingerprint density at radius 2 is 2.00 bits per heavy atom. The molecule has 1 saturated carbocycles. The molecule has 19 heavy (non-hydrogen) atoms. The molecule has 2 N–H and O–H groups in total. The van der Waals surface area contributed by atoms with Crippen molar-refractivity contribution in [3.63, 3.8) is 0 Å². The zero-order valence-corrected chi connectivity index (χ0v) is 13.1. The number of nitrogens with zero attached hydrogens (tertiary/aromatic N) is 1. The maximum Gasteiger partial charge on any atom is 0.237 e. The van der Waals surface area contributed by atoms with Gasteiger partial charge in [0.2, 0.25) is 5.91 Å². The van der Waals surface area contributed by atoms with Crippen molar-refractivity contribution in [3.05, 3.63) is 0 Å². The lowest BCUT2D eigenvalue weighted by Gasteiger charge is -2.39. The maximum absolute atomic E-state index is 12.3. The third-order valence-electron chi connectivity index (χ3n) is 4.55. The average molecular weight is 270 g/mol. The first-order chi connectivity index (χ1) is 8.78. The minimum absolute atomic E-state index is 0.0483. The minimum Gasteiger partial charge on any atom is -0.391 e. The van der Waals surface area contributed by atoms with Gasteiger partial charge in [-0.3, -0.25) is 9.69 Å². The summed E-state index contributed by atoms with van der Waals surface area (Å²) >= 11 is 0. The van der Waals surface area contributed by atoms with E-state index in [0.29, 0.717) is 0 Å². The van der Waals surface area contributed by atoms with Gasteiger partial charge < -0.3 is 10.4 Å². The Kier molecular flexibility index (Phi) is 5.81. The lowest BCUT2D eigenvalue weighted by atomic mass is 9.90. The number of rotatable bonds is 5. The van der Waals surface area contributed by atoms with Crippen LogP contribution in [-0.2, 0) is 4.79 Å². The van der Waals surface area contributed by atoms with Crippen molar-refractivity contribution in [2.45, 2.75) is 83.5 Å². The molecule has 4 heteroatoms. The van der Waals surface area contributed by atoms with Crippen molar-refractivity contribution >= 4 is 5.91 Å². The van der Waals surface area contributed by atoms with Crippen LogP contribution in [0.1, 0.15) is 59.8 Å². The molecule has 0 radical (unpaired) electrons. The average Bonchev–Trinajstić information content (AvgIpc) is 2.37. The largest absolute Gasteiger partial charge is 0.391 e. The van der Waals surface area contributed by atoms with Gasteiger partial charge in [0.15, 0.2) is 0 Å². The van der Waals surface area contributed by atoms with Crippen LogP contribution in [0.15, 0.2) is 0 Å². The molecule has 1 rings (SSSR count). The van der Waals surface area contributed by atoms with Gasteiger partial charge in [0.05, 0.1) is 12.1 Å². The van der Waals surface area contributed by atoms with Crippen LogP contribution in [0.2, 0.25) is 0 Å². The third kappa shape index (κ3) is 4.46.